The molecule has 5 rings (SSSR count). The first-order valence-electron chi connectivity index (χ1n) is 8.01. The van der Waals surface area contributed by atoms with Gasteiger partial charge in [-0.2, -0.15) is 10.1 Å². The van der Waals surface area contributed by atoms with Crippen LogP contribution in [0.4, 0.5) is 5.69 Å². The quantitative estimate of drug-likeness (QED) is 0.255. The first-order valence-corrected chi connectivity index (χ1v) is 8.80. The van der Waals surface area contributed by atoms with Gasteiger partial charge in [0.05, 0.1) is 23.0 Å². The number of hydrogen-bond donors (Lipinski definition) is 0. The lowest BCUT2D eigenvalue weighted by atomic mass is 9.63. The van der Waals surface area contributed by atoms with E-state index in [0.717, 1.165) is 17.9 Å². The molecule has 0 spiro atoms. The number of nitro benzene ring substituents is 1. The summed E-state index contributed by atoms with van der Waals surface area (Å²) >= 11 is 3.25. The SMILES string of the molecule is O=C1[C@@H]2[C@H](C(=O)N1/N=C\c1ccc([N+](=O)[O-])cc1Br)[C@H]1C=C[C@H]2CC1. The Balaban J connectivity index is 1.59. The van der Waals surface area contributed by atoms with Gasteiger partial charge < -0.3 is 0 Å². The summed E-state index contributed by atoms with van der Waals surface area (Å²) in [4.78, 5) is 35.6. The van der Waals surface area contributed by atoms with Gasteiger partial charge in [-0.25, -0.2) is 0 Å². The fourth-order valence-electron chi connectivity index (χ4n) is 4.03. The summed E-state index contributed by atoms with van der Waals surface area (Å²) in [5.74, 6) is -0.843. The molecule has 0 aromatic heterocycles. The Kier molecular flexibility index (Phi) is 3.79. The number of amides is 2. The predicted molar refractivity (Wildman–Crippen MR) is 92.6 cm³/mol. The minimum Gasteiger partial charge on any atom is -0.272 e. The number of hydrazone groups is 1. The molecule has 0 N–H and O–H groups in total. The lowest BCUT2D eigenvalue weighted by molar-refractivity contribution is -0.384. The van der Waals surface area contributed by atoms with Crippen molar-refractivity contribution in [3.63, 3.8) is 0 Å². The third-order valence-corrected chi connectivity index (χ3v) is 5.93. The number of halogens is 1. The second-order valence-electron chi connectivity index (χ2n) is 6.54. The summed E-state index contributed by atoms with van der Waals surface area (Å²) < 4.78 is 0.476. The minimum absolute atomic E-state index is 0.0500. The van der Waals surface area contributed by atoms with Crippen molar-refractivity contribution >= 4 is 39.6 Å². The third kappa shape index (κ3) is 2.52. The topological polar surface area (TPSA) is 92.9 Å². The molecule has 0 radical (unpaired) electrons. The maximum atomic E-state index is 12.6. The van der Waals surface area contributed by atoms with Crippen molar-refractivity contribution in [2.45, 2.75) is 12.8 Å². The van der Waals surface area contributed by atoms with E-state index in [2.05, 4.69) is 33.2 Å². The summed E-state index contributed by atoms with van der Waals surface area (Å²) in [6, 6.07) is 4.23. The van der Waals surface area contributed by atoms with Crippen molar-refractivity contribution in [1.82, 2.24) is 5.01 Å². The predicted octanol–water partition coefficient (Wildman–Crippen LogP) is 2.89. The number of rotatable bonds is 3. The molecule has 4 atom stereocenters. The molecule has 2 bridgehead atoms. The number of fused-ring (bicyclic) bond motifs is 1. The highest BCUT2D eigenvalue weighted by molar-refractivity contribution is 9.10. The van der Waals surface area contributed by atoms with Crippen molar-refractivity contribution in [2.24, 2.45) is 28.8 Å². The zero-order chi connectivity index (χ0) is 17.7. The van der Waals surface area contributed by atoms with Crippen LogP contribution in [0, 0.1) is 33.8 Å². The van der Waals surface area contributed by atoms with E-state index in [-0.39, 0.29) is 41.2 Å². The molecule has 1 heterocycles. The van der Waals surface area contributed by atoms with E-state index >= 15 is 0 Å². The summed E-state index contributed by atoms with van der Waals surface area (Å²) in [6.07, 6.45) is 7.37. The molecule has 1 aliphatic heterocycles. The summed E-state index contributed by atoms with van der Waals surface area (Å²) in [7, 11) is 0. The molecule has 2 amide bonds. The second-order valence-corrected chi connectivity index (χ2v) is 7.39. The average Bonchev–Trinajstić information content (AvgIpc) is 2.88. The highest BCUT2D eigenvalue weighted by Crippen LogP contribution is 2.49. The average molecular weight is 404 g/mol. The fourth-order valence-corrected chi connectivity index (χ4v) is 4.50. The Hall–Kier alpha value is -2.35. The Bertz CT molecular complexity index is 818. The first-order chi connectivity index (χ1) is 12.0. The number of imide groups is 1. The maximum absolute atomic E-state index is 12.6. The summed E-state index contributed by atoms with van der Waals surface area (Å²) in [6.45, 7) is 0. The van der Waals surface area contributed by atoms with Gasteiger partial charge in [-0.15, -0.1) is 0 Å². The lowest BCUT2D eigenvalue weighted by Gasteiger charge is -2.37. The Morgan fingerprint density at radius 3 is 2.24 bits per heavy atom. The third-order valence-electron chi connectivity index (χ3n) is 5.24. The maximum Gasteiger partial charge on any atom is 0.270 e. The molecule has 2 fully saturated rings. The van der Waals surface area contributed by atoms with E-state index < -0.39 is 4.92 Å². The number of non-ortho nitro benzene ring substituents is 1. The van der Waals surface area contributed by atoms with Gasteiger partial charge in [0, 0.05) is 22.2 Å². The van der Waals surface area contributed by atoms with E-state index in [1.807, 2.05) is 0 Å². The van der Waals surface area contributed by atoms with Crippen molar-refractivity contribution in [1.29, 1.82) is 0 Å². The van der Waals surface area contributed by atoms with E-state index in [4.69, 9.17) is 0 Å². The molecule has 128 valence electrons. The van der Waals surface area contributed by atoms with Gasteiger partial charge in [0.2, 0.25) is 0 Å². The van der Waals surface area contributed by atoms with Gasteiger partial charge in [0.15, 0.2) is 0 Å². The number of carbonyl (C=O) groups excluding carboxylic acids is 2. The van der Waals surface area contributed by atoms with Crippen molar-refractivity contribution < 1.29 is 14.5 Å². The molecule has 0 unspecified atom stereocenters. The molecule has 1 saturated carbocycles. The number of allylic oxidation sites excluding steroid dienone is 2. The molecule has 25 heavy (non-hydrogen) atoms. The first kappa shape index (κ1) is 16.1. The number of nitro groups is 1. The molecule has 8 heteroatoms. The van der Waals surface area contributed by atoms with Crippen LogP contribution in [0.2, 0.25) is 0 Å². The van der Waals surface area contributed by atoms with Crippen LogP contribution in [-0.2, 0) is 9.59 Å². The normalized spacial score (nSPS) is 30.4. The van der Waals surface area contributed by atoms with E-state index in [0.29, 0.717) is 10.0 Å². The van der Waals surface area contributed by atoms with Gasteiger partial charge in [-0.3, -0.25) is 19.7 Å². The van der Waals surface area contributed by atoms with Crippen molar-refractivity contribution in [3.8, 4) is 0 Å². The van der Waals surface area contributed by atoms with Gasteiger partial charge in [0.25, 0.3) is 17.5 Å². The lowest BCUT2D eigenvalue weighted by Crippen LogP contribution is -2.38. The monoisotopic (exact) mass is 403 g/mol. The number of carbonyl (C=O) groups is 2. The van der Waals surface area contributed by atoms with Crippen LogP contribution in [-0.4, -0.2) is 28.0 Å². The zero-order valence-electron chi connectivity index (χ0n) is 13.0. The summed E-state index contributed by atoms with van der Waals surface area (Å²) in [5, 5.41) is 15.8. The van der Waals surface area contributed by atoms with Crippen LogP contribution < -0.4 is 0 Å². The Labute approximate surface area is 151 Å². The molecule has 1 aromatic rings. The van der Waals surface area contributed by atoms with Crippen LogP contribution >= 0.6 is 15.9 Å². The van der Waals surface area contributed by atoms with Gasteiger partial charge in [-0.05, 0) is 46.7 Å². The Morgan fingerprint density at radius 1 is 1.16 bits per heavy atom. The Morgan fingerprint density at radius 2 is 1.76 bits per heavy atom. The number of hydrogen-bond acceptors (Lipinski definition) is 5. The van der Waals surface area contributed by atoms with Crippen LogP contribution in [0.25, 0.3) is 0 Å². The van der Waals surface area contributed by atoms with E-state index in [9.17, 15) is 19.7 Å². The smallest absolute Gasteiger partial charge is 0.270 e. The molecule has 4 aliphatic rings. The van der Waals surface area contributed by atoms with E-state index in [1.165, 1.54) is 24.4 Å². The van der Waals surface area contributed by atoms with Crippen LogP contribution in [0.3, 0.4) is 0 Å². The van der Waals surface area contributed by atoms with Gasteiger partial charge in [-0.1, -0.05) is 12.2 Å². The van der Waals surface area contributed by atoms with Crippen LogP contribution in [0.5, 0.6) is 0 Å². The van der Waals surface area contributed by atoms with Gasteiger partial charge >= 0.3 is 0 Å². The van der Waals surface area contributed by atoms with Crippen molar-refractivity contribution in [3.05, 3.63) is 50.5 Å². The van der Waals surface area contributed by atoms with Crippen LogP contribution in [0.15, 0.2) is 39.9 Å². The fraction of sp³-hybridized carbons (Fsp3) is 0.353. The van der Waals surface area contributed by atoms with Crippen LogP contribution in [0.1, 0.15) is 18.4 Å². The molecular formula is C17H14BrN3O4. The highest BCUT2D eigenvalue weighted by Gasteiger charge is 2.56. The highest BCUT2D eigenvalue weighted by atomic mass is 79.9. The van der Waals surface area contributed by atoms with E-state index in [1.54, 1.807) is 0 Å². The largest absolute Gasteiger partial charge is 0.272 e. The molecule has 1 saturated heterocycles. The standard InChI is InChI=1S/C17H14BrN3O4/c18-13-7-12(21(24)25)6-5-11(13)8-19-20-16(22)14-9-1-2-10(4-3-9)15(14)17(20)23/h1-2,5-10,14-15H,3-4H2/b19-8-/t9-,10-,14-,15+/m0/s1. The zero-order valence-corrected chi connectivity index (χ0v) is 14.6. The molecular weight excluding hydrogens is 390 g/mol. The second kappa shape index (κ2) is 5.87. The minimum atomic E-state index is -0.493. The number of benzene rings is 1. The number of nitrogens with zero attached hydrogens (tertiary/aromatic N) is 3. The molecule has 1 aromatic carbocycles. The van der Waals surface area contributed by atoms with Gasteiger partial charge in [0.1, 0.15) is 0 Å². The molecule has 7 nitrogen and oxygen atoms in total. The van der Waals surface area contributed by atoms with Crippen molar-refractivity contribution in [2.75, 3.05) is 0 Å². The summed E-state index contributed by atoms with van der Waals surface area (Å²) in [5.41, 5.74) is 0.508. The molecule has 3 aliphatic carbocycles.